The quantitative estimate of drug-likeness (QED) is 0.718. The summed E-state index contributed by atoms with van der Waals surface area (Å²) in [5.74, 6) is -0.255. The monoisotopic (exact) mass is 367 g/mol. The van der Waals surface area contributed by atoms with E-state index >= 15 is 0 Å². The van der Waals surface area contributed by atoms with Gasteiger partial charge in [0.15, 0.2) is 0 Å². The molecule has 5 heteroatoms. The van der Waals surface area contributed by atoms with E-state index in [2.05, 4.69) is 15.9 Å². The van der Waals surface area contributed by atoms with Crippen LogP contribution in [0.1, 0.15) is 49.4 Å². The highest BCUT2D eigenvalue weighted by molar-refractivity contribution is 9.10. The number of carbonyl (C=O) groups is 2. The molecule has 0 atom stereocenters. The van der Waals surface area contributed by atoms with E-state index in [1.165, 1.54) is 0 Å². The number of ether oxygens (including phenoxy) is 1. The fraction of sp³-hybridized carbons (Fsp3) is 0.529. The fourth-order valence-corrected chi connectivity index (χ4v) is 3.35. The van der Waals surface area contributed by atoms with Crippen LogP contribution >= 0.6 is 15.9 Å². The van der Waals surface area contributed by atoms with Crippen LogP contribution in [-0.2, 0) is 9.53 Å². The van der Waals surface area contributed by atoms with Crippen molar-refractivity contribution in [1.82, 2.24) is 4.90 Å². The molecule has 0 saturated heterocycles. The van der Waals surface area contributed by atoms with Crippen LogP contribution < -0.4 is 0 Å². The third-order valence-corrected chi connectivity index (χ3v) is 4.68. The third-order valence-electron chi connectivity index (χ3n) is 3.99. The Hall–Kier alpha value is -1.36. The third kappa shape index (κ3) is 4.32. The van der Waals surface area contributed by atoms with Gasteiger partial charge in [-0.1, -0.05) is 25.0 Å². The smallest absolute Gasteiger partial charge is 0.307 e. The number of carbonyl (C=O) groups excluding carboxylic acids is 2. The molecule has 1 saturated carbocycles. The molecule has 1 amide bonds. The second kappa shape index (κ2) is 8.32. The molecule has 1 aromatic carbocycles. The lowest BCUT2D eigenvalue weighted by molar-refractivity contribution is -0.143. The molecule has 1 fully saturated rings. The molecule has 0 bridgehead atoms. The Kier molecular flexibility index (Phi) is 6.43. The molecule has 1 aromatic rings. The number of hydrogen-bond acceptors (Lipinski definition) is 3. The molecule has 0 N–H and O–H groups in total. The summed E-state index contributed by atoms with van der Waals surface area (Å²) in [7, 11) is 0. The van der Waals surface area contributed by atoms with E-state index in [4.69, 9.17) is 4.74 Å². The van der Waals surface area contributed by atoms with Crippen molar-refractivity contribution in [2.45, 2.75) is 45.1 Å². The minimum Gasteiger partial charge on any atom is -0.466 e. The fourth-order valence-electron chi connectivity index (χ4n) is 2.90. The summed E-state index contributed by atoms with van der Waals surface area (Å²) in [5.41, 5.74) is 0.651. The summed E-state index contributed by atoms with van der Waals surface area (Å²) in [5, 5.41) is 0. The molecule has 0 heterocycles. The number of rotatable bonds is 6. The Morgan fingerprint density at radius 2 is 1.95 bits per heavy atom. The molecule has 2 rings (SSSR count). The van der Waals surface area contributed by atoms with E-state index in [0.29, 0.717) is 18.7 Å². The summed E-state index contributed by atoms with van der Waals surface area (Å²) < 4.78 is 5.77. The molecule has 4 nitrogen and oxygen atoms in total. The molecule has 0 aliphatic heterocycles. The van der Waals surface area contributed by atoms with E-state index < -0.39 is 0 Å². The van der Waals surface area contributed by atoms with Gasteiger partial charge in [-0.05, 0) is 47.8 Å². The number of amides is 1. The average Bonchev–Trinajstić information content (AvgIpc) is 3.02. The maximum absolute atomic E-state index is 12.9. The van der Waals surface area contributed by atoms with Gasteiger partial charge in [-0.3, -0.25) is 9.59 Å². The largest absolute Gasteiger partial charge is 0.466 e. The van der Waals surface area contributed by atoms with Crippen molar-refractivity contribution in [3.05, 3.63) is 34.3 Å². The van der Waals surface area contributed by atoms with E-state index in [1.54, 1.807) is 6.92 Å². The van der Waals surface area contributed by atoms with Crippen LogP contribution in [0.5, 0.6) is 0 Å². The molecule has 0 spiro atoms. The van der Waals surface area contributed by atoms with E-state index in [-0.39, 0.29) is 24.3 Å². The van der Waals surface area contributed by atoms with Crippen molar-refractivity contribution in [1.29, 1.82) is 0 Å². The van der Waals surface area contributed by atoms with Gasteiger partial charge in [0.1, 0.15) is 0 Å². The van der Waals surface area contributed by atoms with Crippen molar-refractivity contribution in [2.24, 2.45) is 0 Å². The van der Waals surface area contributed by atoms with Crippen molar-refractivity contribution in [3.8, 4) is 0 Å². The zero-order chi connectivity index (χ0) is 15.9. The predicted octanol–water partition coefficient (Wildman–Crippen LogP) is 3.79. The Labute approximate surface area is 140 Å². The van der Waals surface area contributed by atoms with Gasteiger partial charge in [0, 0.05) is 17.1 Å². The van der Waals surface area contributed by atoms with Crippen LogP contribution in [-0.4, -0.2) is 36.0 Å². The molecule has 1 aliphatic rings. The van der Waals surface area contributed by atoms with Crippen LogP contribution in [0.4, 0.5) is 0 Å². The molecule has 0 unspecified atom stereocenters. The van der Waals surface area contributed by atoms with Crippen LogP contribution in [0.25, 0.3) is 0 Å². The van der Waals surface area contributed by atoms with Gasteiger partial charge in [-0.2, -0.15) is 0 Å². The first-order valence-electron chi connectivity index (χ1n) is 7.84. The van der Waals surface area contributed by atoms with Gasteiger partial charge >= 0.3 is 5.97 Å². The van der Waals surface area contributed by atoms with Crippen LogP contribution in [0.15, 0.2) is 28.7 Å². The lowest BCUT2D eigenvalue weighted by Gasteiger charge is -2.29. The van der Waals surface area contributed by atoms with Crippen molar-refractivity contribution >= 4 is 27.8 Å². The summed E-state index contributed by atoms with van der Waals surface area (Å²) in [6, 6.07) is 7.66. The Morgan fingerprint density at radius 1 is 1.27 bits per heavy atom. The Morgan fingerprint density at radius 3 is 2.59 bits per heavy atom. The van der Waals surface area contributed by atoms with Crippen molar-refractivity contribution in [3.63, 3.8) is 0 Å². The molecular weight excluding hydrogens is 346 g/mol. The Bertz CT molecular complexity index is 526. The second-order valence-corrected chi connectivity index (χ2v) is 6.33. The second-order valence-electron chi connectivity index (χ2n) is 5.47. The number of hydrogen-bond donors (Lipinski definition) is 0. The first-order valence-corrected chi connectivity index (χ1v) is 8.64. The number of nitrogens with zero attached hydrogens (tertiary/aromatic N) is 1. The average molecular weight is 368 g/mol. The van der Waals surface area contributed by atoms with E-state index in [9.17, 15) is 9.59 Å². The lowest BCUT2D eigenvalue weighted by atomic mass is 10.1. The Balaban J connectivity index is 2.11. The molecule has 0 radical (unpaired) electrons. The summed E-state index contributed by atoms with van der Waals surface area (Å²) >= 11 is 3.44. The zero-order valence-electron chi connectivity index (χ0n) is 12.9. The van der Waals surface area contributed by atoms with Crippen LogP contribution in [0.3, 0.4) is 0 Å². The predicted molar refractivity (Wildman–Crippen MR) is 88.7 cm³/mol. The standard InChI is InChI=1S/C17H22BrNO3/c1-2-22-16(20)11-12-19(13-7-3-4-8-13)17(21)14-9-5-6-10-15(14)18/h5-6,9-10,13H,2-4,7-8,11-12H2,1H3. The van der Waals surface area contributed by atoms with Crippen molar-refractivity contribution in [2.75, 3.05) is 13.2 Å². The number of halogens is 1. The highest BCUT2D eigenvalue weighted by atomic mass is 79.9. The highest BCUT2D eigenvalue weighted by Gasteiger charge is 2.28. The minimum absolute atomic E-state index is 0.0105. The topological polar surface area (TPSA) is 46.6 Å². The molecule has 22 heavy (non-hydrogen) atoms. The summed E-state index contributed by atoms with van der Waals surface area (Å²) in [6.45, 7) is 2.59. The van der Waals surface area contributed by atoms with E-state index in [0.717, 1.165) is 30.2 Å². The van der Waals surface area contributed by atoms with Gasteiger partial charge < -0.3 is 9.64 Å². The lowest BCUT2D eigenvalue weighted by Crippen LogP contribution is -2.40. The van der Waals surface area contributed by atoms with Crippen LogP contribution in [0.2, 0.25) is 0 Å². The molecular formula is C17H22BrNO3. The maximum Gasteiger partial charge on any atom is 0.307 e. The maximum atomic E-state index is 12.9. The van der Waals surface area contributed by atoms with Gasteiger partial charge in [0.25, 0.3) is 5.91 Å². The highest BCUT2D eigenvalue weighted by Crippen LogP contribution is 2.27. The van der Waals surface area contributed by atoms with Gasteiger partial charge in [0.2, 0.25) is 0 Å². The first-order chi connectivity index (χ1) is 10.6. The minimum atomic E-state index is -0.245. The summed E-state index contributed by atoms with van der Waals surface area (Å²) in [4.78, 5) is 26.3. The van der Waals surface area contributed by atoms with Gasteiger partial charge in [-0.25, -0.2) is 0 Å². The first kappa shape index (κ1) is 17.0. The normalized spacial score (nSPS) is 14.8. The number of benzene rings is 1. The number of esters is 1. The molecule has 1 aliphatic carbocycles. The van der Waals surface area contributed by atoms with Crippen molar-refractivity contribution < 1.29 is 14.3 Å². The SMILES string of the molecule is CCOC(=O)CCN(C(=O)c1ccccc1Br)C1CCCC1. The van der Waals surface area contributed by atoms with Gasteiger partial charge in [0.05, 0.1) is 18.6 Å². The van der Waals surface area contributed by atoms with Crippen LogP contribution in [0, 0.1) is 0 Å². The van der Waals surface area contributed by atoms with Gasteiger partial charge in [-0.15, -0.1) is 0 Å². The molecule has 120 valence electrons. The summed E-state index contributed by atoms with van der Waals surface area (Å²) in [6.07, 6.45) is 4.56. The zero-order valence-corrected chi connectivity index (χ0v) is 14.5. The van der Waals surface area contributed by atoms with E-state index in [1.807, 2.05) is 29.2 Å². The molecule has 0 aromatic heterocycles.